The molecule has 108 valence electrons. The van der Waals surface area contributed by atoms with Gasteiger partial charge in [-0.25, -0.2) is 0 Å². The summed E-state index contributed by atoms with van der Waals surface area (Å²) in [6, 6.07) is 15.0. The molecule has 3 rings (SSSR count). The van der Waals surface area contributed by atoms with Gasteiger partial charge in [0.25, 0.3) is 0 Å². The number of fused-ring (bicyclic) bond motifs is 1. The second kappa shape index (κ2) is 6.39. The molecule has 0 saturated carbocycles. The second-order valence-corrected chi connectivity index (χ2v) is 8.47. The Morgan fingerprint density at radius 3 is 2.43 bits per heavy atom. The molecule has 0 saturated heterocycles. The molecular formula is C16H12Br2ClNS. The van der Waals surface area contributed by atoms with E-state index in [4.69, 9.17) is 11.6 Å². The molecule has 21 heavy (non-hydrogen) atoms. The Balaban J connectivity index is 2.06. The zero-order chi connectivity index (χ0) is 15.0. The Hall–Kier alpha value is -0.390. The van der Waals surface area contributed by atoms with Crippen LogP contribution in [0.5, 0.6) is 0 Å². The van der Waals surface area contributed by atoms with E-state index in [2.05, 4.69) is 73.6 Å². The molecule has 0 amide bonds. The smallest absolute Gasteiger partial charge is 0.0888 e. The topological polar surface area (TPSA) is 12.0 Å². The molecule has 2 aromatic carbocycles. The van der Waals surface area contributed by atoms with Gasteiger partial charge in [-0.3, -0.25) is 0 Å². The molecule has 0 aliphatic heterocycles. The number of rotatable bonds is 3. The molecule has 1 nitrogen and oxygen atoms in total. The number of halogens is 3. The average Bonchev–Trinajstić information content (AvgIpc) is 2.79. The van der Waals surface area contributed by atoms with Crippen molar-refractivity contribution in [2.24, 2.45) is 0 Å². The Kier molecular flexibility index (Phi) is 4.71. The minimum absolute atomic E-state index is 0.145. The van der Waals surface area contributed by atoms with E-state index in [0.29, 0.717) is 0 Å². The van der Waals surface area contributed by atoms with Crippen molar-refractivity contribution in [3.05, 3.63) is 66.2 Å². The van der Waals surface area contributed by atoms with Crippen LogP contribution in [0.3, 0.4) is 0 Å². The molecule has 5 heteroatoms. The molecule has 1 heterocycles. The van der Waals surface area contributed by atoms with Gasteiger partial charge in [0.2, 0.25) is 0 Å². The van der Waals surface area contributed by atoms with Gasteiger partial charge < -0.3 is 5.32 Å². The van der Waals surface area contributed by atoms with E-state index in [1.807, 2.05) is 13.1 Å². The largest absolute Gasteiger partial charge is 0.309 e. The van der Waals surface area contributed by atoms with Crippen LogP contribution in [0.2, 0.25) is 5.02 Å². The van der Waals surface area contributed by atoms with Crippen molar-refractivity contribution in [2.75, 3.05) is 7.05 Å². The molecule has 0 radical (unpaired) electrons. The molecule has 0 spiro atoms. The van der Waals surface area contributed by atoms with Gasteiger partial charge >= 0.3 is 0 Å². The molecule has 0 aliphatic carbocycles. The first-order valence-electron chi connectivity index (χ1n) is 6.39. The third-order valence-electron chi connectivity index (χ3n) is 3.40. The van der Waals surface area contributed by atoms with E-state index >= 15 is 0 Å². The first-order valence-corrected chi connectivity index (χ1v) is 9.18. The molecule has 0 bridgehead atoms. The van der Waals surface area contributed by atoms with Gasteiger partial charge in [-0.15, -0.1) is 11.3 Å². The molecule has 3 aromatic rings. The van der Waals surface area contributed by atoms with E-state index < -0.39 is 0 Å². The Morgan fingerprint density at radius 1 is 1.05 bits per heavy atom. The normalized spacial score (nSPS) is 12.8. The third-order valence-corrected chi connectivity index (χ3v) is 6.43. The summed E-state index contributed by atoms with van der Waals surface area (Å²) in [7, 11) is 1.97. The van der Waals surface area contributed by atoms with Gasteiger partial charge in [0.15, 0.2) is 0 Å². The predicted octanol–water partition coefficient (Wildman–Crippen LogP) is 6.39. The van der Waals surface area contributed by atoms with Crippen LogP contribution in [0.25, 0.3) is 10.8 Å². The Labute approximate surface area is 149 Å². The lowest BCUT2D eigenvalue weighted by molar-refractivity contribution is 0.705. The summed E-state index contributed by atoms with van der Waals surface area (Å²) in [5.74, 6) is 0. The van der Waals surface area contributed by atoms with Crippen molar-refractivity contribution < 1.29 is 0 Å². The minimum atomic E-state index is 0.145. The summed E-state index contributed by atoms with van der Waals surface area (Å²) in [5.41, 5.74) is 1.23. The minimum Gasteiger partial charge on any atom is -0.309 e. The van der Waals surface area contributed by atoms with E-state index in [9.17, 15) is 0 Å². The third kappa shape index (κ3) is 3.20. The maximum absolute atomic E-state index is 6.16. The van der Waals surface area contributed by atoms with Crippen molar-refractivity contribution in [3.8, 4) is 0 Å². The highest BCUT2D eigenvalue weighted by atomic mass is 79.9. The standard InChI is InChI=1S/C16H12Br2ClNS/c1-20-15(14-8-13(19)16(18)21-14)11-3-2-10-7-12(17)5-4-9(10)6-11/h2-8,15,20H,1H3. The number of hydrogen-bond donors (Lipinski definition) is 1. The molecule has 1 unspecified atom stereocenters. The summed E-state index contributed by atoms with van der Waals surface area (Å²) >= 11 is 14.8. The van der Waals surface area contributed by atoms with E-state index in [1.165, 1.54) is 21.2 Å². The van der Waals surface area contributed by atoms with Gasteiger partial charge in [-0.1, -0.05) is 45.7 Å². The van der Waals surface area contributed by atoms with Crippen molar-refractivity contribution >= 4 is 65.6 Å². The van der Waals surface area contributed by atoms with Crippen LogP contribution in [-0.2, 0) is 0 Å². The Bertz CT molecular complexity index is 781. The Morgan fingerprint density at radius 2 is 1.76 bits per heavy atom. The van der Waals surface area contributed by atoms with Crippen LogP contribution in [0.4, 0.5) is 0 Å². The lowest BCUT2D eigenvalue weighted by Crippen LogP contribution is -2.16. The van der Waals surface area contributed by atoms with Crippen molar-refractivity contribution in [1.29, 1.82) is 0 Å². The van der Waals surface area contributed by atoms with Crippen molar-refractivity contribution in [3.63, 3.8) is 0 Å². The highest BCUT2D eigenvalue weighted by Gasteiger charge is 2.16. The van der Waals surface area contributed by atoms with Crippen LogP contribution in [0.15, 0.2) is 50.7 Å². The first-order chi connectivity index (χ1) is 10.1. The van der Waals surface area contributed by atoms with Crippen LogP contribution in [-0.4, -0.2) is 7.05 Å². The van der Waals surface area contributed by atoms with E-state index in [0.717, 1.165) is 13.3 Å². The van der Waals surface area contributed by atoms with Gasteiger partial charge in [0.05, 0.1) is 14.9 Å². The summed E-state index contributed by atoms with van der Waals surface area (Å²) in [6.45, 7) is 0. The van der Waals surface area contributed by atoms with Crippen molar-refractivity contribution in [2.45, 2.75) is 6.04 Å². The van der Waals surface area contributed by atoms with Crippen LogP contribution in [0, 0.1) is 0 Å². The predicted molar refractivity (Wildman–Crippen MR) is 99.6 cm³/mol. The maximum Gasteiger partial charge on any atom is 0.0888 e. The molecule has 0 fully saturated rings. The van der Waals surface area contributed by atoms with E-state index in [1.54, 1.807) is 11.3 Å². The zero-order valence-electron chi connectivity index (χ0n) is 11.2. The lowest BCUT2D eigenvalue weighted by Gasteiger charge is -2.15. The van der Waals surface area contributed by atoms with Crippen molar-refractivity contribution in [1.82, 2.24) is 5.32 Å². The summed E-state index contributed by atoms with van der Waals surface area (Å²) in [5, 5.41) is 6.60. The lowest BCUT2D eigenvalue weighted by atomic mass is 10.0. The molecular weight excluding hydrogens is 434 g/mol. The first kappa shape index (κ1) is 15.5. The van der Waals surface area contributed by atoms with Gasteiger partial charge in [0, 0.05) is 9.35 Å². The second-order valence-electron chi connectivity index (χ2n) is 4.74. The van der Waals surface area contributed by atoms with Crippen LogP contribution in [0.1, 0.15) is 16.5 Å². The monoisotopic (exact) mass is 443 g/mol. The summed E-state index contributed by atoms with van der Waals surface area (Å²) in [4.78, 5) is 1.20. The molecule has 0 aliphatic rings. The number of hydrogen-bond acceptors (Lipinski definition) is 2. The average molecular weight is 446 g/mol. The fourth-order valence-electron chi connectivity index (χ4n) is 2.39. The van der Waals surface area contributed by atoms with Crippen LogP contribution < -0.4 is 5.32 Å². The zero-order valence-corrected chi connectivity index (χ0v) is 15.9. The van der Waals surface area contributed by atoms with Gasteiger partial charge in [-0.2, -0.15) is 0 Å². The SMILES string of the molecule is CNC(c1ccc2cc(Br)ccc2c1)c1cc(Cl)c(Br)s1. The number of benzene rings is 2. The maximum atomic E-state index is 6.16. The van der Waals surface area contributed by atoms with Gasteiger partial charge in [-0.05, 0) is 63.6 Å². The fourth-order valence-corrected chi connectivity index (χ4v) is 4.66. The summed E-state index contributed by atoms with van der Waals surface area (Å²) in [6.07, 6.45) is 0. The highest BCUT2D eigenvalue weighted by molar-refractivity contribution is 9.11. The molecule has 1 aromatic heterocycles. The quantitative estimate of drug-likeness (QED) is 0.493. The number of nitrogens with one attached hydrogen (secondary N) is 1. The van der Waals surface area contributed by atoms with E-state index in [-0.39, 0.29) is 6.04 Å². The molecule has 1 N–H and O–H groups in total. The van der Waals surface area contributed by atoms with Gasteiger partial charge in [0.1, 0.15) is 0 Å². The van der Waals surface area contributed by atoms with Crippen LogP contribution >= 0.6 is 54.8 Å². The summed E-state index contributed by atoms with van der Waals surface area (Å²) < 4.78 is 2.08. The fraction of sp³-hybridized carbons (Fsp3) is 0.125. The molecule has 1 atom stereocenters. The highest BCUT2D eigenvalue weighted by Crippen LogP contribution is 2.37. The number of thiophene rings is 1.